The van der Waals surface area contributed by atoms with Gasteiger partial charge in [-0.1, -0.05) is 6.07 Å². The van der Waals surface area contributed by atoms with Crippen LogP contribution in [0.25, 0.3) is 0 Å². The van der Waals surface area contributed by atoms with Crippen LogP contribution in [0.2, 0.25) is 0 Å². The Morgan fingerprint density at radius 3 is 2.73 bits per heavy atom. The van der Waals surface area contributed by atoms with Gasteiger partial charge in [0.1, 0.15) is 0 Å². The maximum absolute atomic E-state index is 11.0. The molecule has 3 heteroatoms. The first-order valence-electron chi connectivity index (χ1n) is 3.35. The zero-order valence-corrected chi connectivity index (χ0v) is 7.44. The first-order valence-corrected chi connectivity index (χ1v) is 4.91. The van der Waals surface area contributed by atoms with Crippen LogP contribution >= 0.6 is 0 Å². The molecule has 0 fully saturated rings. The van der Waals surface area contributed by atoms with Crippen LogP contribution in [-0.2, 0) is 10.8 Å². The second-order valence-electron chi connectivity index (χ2n) is 2.23. The minimum Gasteiger partial charge on any atom is -0.388 e. The van der Waals surface area contributed by atoms with Crippen LogP contribution in [0.4, 0.5) is 5.69 Å². The molecule has 0 amide bonds. The molecule has 1 rings (SSSR count). The lowest BCUT2D eigenvalue weighted by atomic mass is 10.3. The molecule has 1 aromatic rings. The van der Waals surface area contributed by atoms with Gasteiger partial charge in [-0.2, -0.15) is 0 Å². The first kappa shape index (κ1) is 8.27. The summed E-state index contributed by atoms with van der Waals surface area (Å²) in [5.41, 5.74) is 0.998. The molecule has 0 aromatic heterocycles. The number of anilines is 1. The van der Waals surface area contributed by atoms with Gasteiger partial charge in [0.25, 0.3) is 0 Å². The fraction of sp³-hybridized carbons (Fsp3) is 0.250. The molecule has 0 aliphatic rings. The minimum absolute atomic E-state index is 0.858. The van der Waals surface area contributed by atoms with E-state index in [9.17, 15) is 4.21 Å². The summed E-state index contributed by atoms with van der Waals surface area (Å²) in [7, 11) is 0.964. The molecule has 0 spiro atoms. The molecular formula is C8H11NOS. The molecule has 0 saturated heterocycles. The molecular weight excluding hydrogens is 158 g/mol. The first-order chi connectivity index (χ1) is 5.24. The van der Waals surface area contributed by atoms with E-state index in [2.05, 4.69) is 5.32 Å². The summed E-state index contributed by atoms with van der Waals surface area (Å²) in [4.78, 5) is 0.858. The summed E-state index contributed by atoms with van der Waals surface area (Å²) < 4.78 is 11.0. The molecule has 0 heterocycles. The number of hydrogen-bond acceptors (Lipinski definition) is 2. The Morgan fingerprint density at radius 2 is 2.18 bits per heavy atom. The quantitative estimate of drug-likeness (QED) is 0.726. The molecule has 11 heavy (non-hydrogen) atoms. The second-order valence-corrected chi connectivity index (χ2v) is 3.61. The lowest BCUT2D eigenvalue weighted by molar-refractivity contribution is 0.687. The summed E-state index contributed by atoms with van der Waals surface area (Å²) >= 11 is 0. The van der Waals surface area contributed by atoms with Crippen LogP contribution in [0.3, 0.4) is 0 Å². The standard InChI is InChI=1S/C8H11NOS/c1-9-7-4-3-5-8(6-7)11(2)10/h3-6,9H,1-2H3/t11-/m1/s1. The highest BCUT2D eigenvalue weighted by Gasteiger charge is 1.96. The van der Waals surface area contributed by atoms with Crippen LogP contribution in [0, 0.1) is 0 Å². The molecule has 1 atom stereocenters. The predicted octanol–water partition coefficient (Wildman–Crippen LogP) is 1.47. The molecule has 1 aromatic carbocycles. The average Bonchev–Trinajstić information content (AvgIpc) is 2.05. The van der Waals surface area contributed by atoms with E-state index in [4.69, 9.17) is 0 Å². The van der Waals surface area contributed by atoms with E-state index < -0.39 is 10.8 Å². The summed E-state index contributed by atoms with van der Waals surface area (Å²) in [5, 5.41) is 2.99. The van der Waals surface area contributed by atoms with Gasteiger partial charge in [0.05, 0.1) is 0 Å². The molecule has 0 radical (unpaired) electrons. The van der Waals surface area contributed by atoms with Crippen molar-refractivity contribution in [3.05, 3.63) is 24.3 Å². The Morgan fingerprint density at radius 1 is 1.45 bits per heavy atom. The van der Waals surface area contributed by atoms with Gasteiger partial charge >= 0.3 is 0 Å². The molecule has 2 nitrogen and oxygen atoms in total. The molecule has 0 saturated carbocycles. The maximum atomic E-state index is 11.0. The lowest BCUT2D eigenvalue weighted by Crippen LogP contribution is -1.91. The fourth-order valence-electron chi connectivity index (χ4n) is 0.830. The lowest BCUT2D eigenvalue weighted by Gasteiger charge is -2.00. The predicted molar refractivity (Wildman–Crippen MR) is 48.3 cm³/mol. The summed E-state index contributed by atoms with van der Waals surface area (Å²) in [5.74, 6) is 0. The average molecular weight is 169 g/mol. The van der Waals surface area contributed by atoms with Crippen LogP contribution in [0.5, 0.6) is 0 Å². The monoisotopic (exact) mass is 169 g/mol. The van der Waals surface area contributed by atoms with Gasteiger partial charge in [-0.15, -0.1) is 0 Å². The van der Waals surface area contributed by atoms with Gasteiger partial charge in [-0.25, -0.2) is 0 Å². The van der Waals surface area contributed by atoms with E-state index in [1.54, 1.807) is 6.26 Å². The van der Waals surface area contributed by atoms with Crippen LogP contribution in [-0.4, -0.2) is 17.5 Å². The highest BCUT2D eigenvalue weighted by Crippen LogP contribution is 2.11. The highest BCUT2D eigenvalue weighted by molar-refractivity contribution is 7.84. The van der Waals surface area contributed by atoms with Crippen LogP contribution < -0.4 is 5.32 Å². The van der Waals surface area contributed by atoms with Gasteiger partial charge in [-0.05, 0) is 18.2 Å². The fourth-order valence-corrected chi connectivity index (χ4v) is 1.39. The van der Waals surface area contributed by atoms with Crippen LogP contribution in [0.15, 0.2) is 29.2 Å². The number of benzene rings is 1. The topological polar surface area (TPSA) is 29.1 Å². The highest BCUT2D eigenvalue weighted by atomic mass is 32.2. The van der Waals surface area contributed by atoms with E-state index >= 15 is 0 Å². The normalized spacial score (nSPS) is 12.5. The van der Waals surface area contributed by atoms with Crippen molar-refractivity contribution in [1.82, 2.24) is 0 Å². The van der Waals surface area contributed by atoms with Crippen LogP contribution in [0.1, 0.15) is 0 Å². The summed E-state index contributed by atoms with van der Waals surface area (Å²) in [6, 6.07) is 7.58. The van der Waals surface area contributed by atoms with E-state index in [1.165, 1.54) is 0 Å². The Kier molecular flexibility index (Phi) is 2.65. The van der Waals surface area contributed by atoms with E-state index in [0.29, 0.717) is 0 Å². The Bertz CT molecular complexity index is 273. The van der Waals surface area contributed by atoms with Crippen molar-refractivity contribution in [3.63, 3.8) is 0 Å². The Balaban J connectivity index is 3.01. The van der Waals surface area contributed by atoms with Crippen molar-refractivity contribution in [3.8, 4) is 0 Å². The minimum atomic E-state index is -0.881. The van der Waals surface area contributed by atoms with Crippen molar-refractivity contribution in [2.24, 2.45) is 0 Å². The van der Waals surface area contributed by atoms with Crippen molar-refractivity contribution < 1.29 is 4.21 Å². The SMILES string of the molecule is CNc1cccc([S@@](C)=O)c1. The summed E-state index contributed by atoms with van der Waals surface area (Å²) in [6.45, 7) is 0. The zero-order chi connectivity index (χ0) is 8.27. The number of hydrogen-bond donors (Lipinski definition) is 1. The molecule has 0 aliphatic heterocycles. The van der Waals surface area contributed by atoms with Crippen molar-refractivity contribution in [2.75, 3.05) is 18.6 Å². The number of rotatable bonds is 2. The van der Waals surface area contributed by atoms with Gasteiger partial charge < -0.3 is 5.32 Å². The molecule has 1 N–H and O–H groups in total. The van der Waals surface area contributed by atoms with Gasteiger partial charge in [0.2, 0.25) is 0 Å². The second kappa shape index (κ2) is 3.53. The summed E-state index contributed by atoms with van der Waals surface area (Å²) in [6.07, 6.45) is 1.68. The van der Waals surface area contributed by atoms with E-state index in [1.807, 2.05) is 31.3 Å². The van der Waals surface area contributed by atoms with Gasteiger partial charge in [-0.3, -0.25) is 4.21 Å². The van der Waals surface area contributed by atoms with E-state index in [-0.39, 0.29) is 0 Å². The molecule has 0 bridgehead atoms. The van der Waals surface area contributed by atoms with Crippen molar-refractivity contribution in [2.45, 2.75) is 4.90 Å². The molecule has 0 aliphatic carbocycles. The third-order valence-corrected chi connectivity index (χ3v) is 2.37. The van der Waals surface area contributed by atoms with Gasteiger partial charge in [0.15, 0.2) is 0 Å². The van der Waals surface area contributed by atoms with Crippen molar-refractivity contribution >= 4 is 16.5 Å². The maximum Gasteiger partial charge on any atom is 0.0498 e. The smallest absolute Gasteiger partial charge is 0.0498 e. The molecule has 60 valence electrons. The Labute approximate surface area is 69.1 Å². The zero-order valence-electron chi connectivity index (χ0n) is 6.63. The molecule has 0 unspecified atom stereocenters. The third kappa shape index (κ3) is 2.05. The number of nitrogens with one attached hydrogen (secondary N) is 1. The third-order valence-electron chi connectivity index (χ3n) is 1.45. The van der Waals surface area contributed by atoms with Crippen molar-refractivity contribution in [1.29, 1.82) is 0 Å². The largest absolute Gasteiger partial charge is 0.388 e. The van der Waals surface area contributed by atoms with E-state index in [0.717, 1.165) is 10.6 Å². The Hall–Kier alpha value is -0.830. The van der Waals surface area contributed by atoms with Gasteiger partial charge in [0, 0.05) is 34.7 Å².